The Kier molecular flexibility index (Phi) is 3.99. The minimum absolute atomic E-state index is 0.357. The molecule has 0 saturated carbocycles. The molecule has 1 aromatic carbocycles. The van der Waals surface area contributed by atoms with Crippen molar-refractivity contribution >= 4 is 28.3 Å². The van der Waals surface area contributed by atoms with E-state index in [1.807, 2.05) is 29.6 Å². The molecule has 0 aliphatic carbocycles. The number of carbonyl (C=O) groups excluding carboxylic acids is 2. The lowest BCUT2D eigenvalue weighted by Crippen LogP contribution is -2.37. The fourth-order valence-corrected chi connectivity index (χ4v) is 3.37. The number of hydrogen-bond acceptors (Lipinski definition) is 6. The monoisotopic (exact) mass is 351 g/mol. The van der Waals surface area contributed by atoms with Gasteiger partial charge in [-0.05, 0) is 23.8 Å². The summed E-state index contributed by atoms with van der Waals surface area (Å²) in [5.74, 6) is -0.850. The predicted octanol–water partition coefficient (Wildman–Crippen LogP) is 2.93. The van der Waals surface area contributed by atoms with E-state index in [9.17, 15) is 9.59 Å². The van der Waals surface area contributed by atoms with Gasteiger partial charge in [-0.25, -0.2) is 9.78 Å². The fraction of sp³-hybridized carbons (Fsp3) is 0.111. The van der Waals surface area contributed by atoms with Crippen LogP contribution in [0.1, 0.15) is 15.9 Å². The number of aromatic nitrogens is 2. The molecule has 124 valence electrons. The maximum atomic E-state index is 12.4. The van der Waals surface area contributed by atoms with Crippen molar-refractivity contribution in [1.29, 1.82) is 0 Å². The molecule has 0 unspecified atom stereocenters. The van der Waals surface area contributed by atoms with Crippen LogP contribution in [0, 0.1) is 0 Å². The second-order valence-corrected chi connectivity index (χ2v) is 6.38. The summed E-state index contributed by atoms with van der Waals surface area (Å²) in [7, 11) is 0. The fourth-order valence-electron chi connectivity index (χ4n) is 2.65. The van der Waals surface area contributed by atoms with E-state index in [0.717, 1.165) is 16.8 Å². The molecule has 1 atom stereocenters. The number of thiazole rings is 1. The molecule has 0 radical (unpaired) electrons. The Hall–Kier alpha value is -3.06. The van der Waals surface area contributed by atoms with Crippen LogP contribution in [0.4, 0.5) is 5.13 Å². The van der Waals surface area contributed by atoms with Gasteiger partial charge in [-0.1, -0.05) is 18.2 Å². The van der Waals surface area contributed by atoms with Crippen LogP contribution in [0.2, 0.25) is 0 Å². The van der Waals surface area contributed by atoms with Crippen LogP contribution in [0.25, 0.3) is 11.3 Å². The second kappa shape index (κ2) is 6.45. The Bertz CT molecular complexity index is 940. The number of fused-ring (bicyclic) bond motifs is 1. The van der Waals surface area contributed by atoms with Gasteiger partial charge in [-0.3, -0.25) is 15.1 Å². The van der Waals surface area contributed by atoms with Gasteiger partial charge in [0.25, 0.3) is 5.91 Å². The highest BCUT2D eigenvalue weighted by Crippen LogP contribution is 2.26. The molecule has 0 fully saturated rings. The van der Waals surface area contributed by atoms with E-state index in [4.69, 9.17) is 4.74 Å². The van der Waals surface area contributed by atoms with Gasteiger partial charge in [0.05, 0.1) is 11.3 Å². The molecule has 1 aliphatic rings. The topological polar surface area (TPSA) is 81.2 Å². The number of amides is 1. The number of esters is 1. The molecule has 3 heterocycles. The minimum Gasteiger partial charge on any atom is -0.448 e. The molecular weight excluding hydrogens is 338 g/mol. The number of benzene rings is 1. The molecule has 1 amide bonds. The predicted molar refractivity (Wildman–Crippen MR) is 93.3 cm³/mol. The number of cyclic esters (lactones) is 1. The van der Waals surface area contributed by atoms with Crippen molar-refractivity contribution in [2.45, 2.75) is 12.5 Å². The standard InChI is InChI=1S/C18H13N3O3S/c22-16(15-9-12-3-1-2-4-13(12)17(23)24-15)21-18-20-14(10-25-18)11-5-7-19-8-6-11/h1-8,10,15H,9H2,(H,20,21,22)/t15-/m0/s1. The lowest BCUT2D eigenvalue weighted by Gasteiger charge is -2.23. The van der Waals surface area contributed by atoms with E-state index in [0.29, 0.717) is 17.1 Å². The summed E-state index contributed by atoms with van der Waals surface area (Å²) >= 11 is 1.32. The van der Waals surface area contributed by atoms with Gasteiger partial charge in [-0.2, -0.15) is 0 Å². The van der Waals surface area contributed by atoms with Crippen molar-refractivity contribution < 1.29 is 14.3 Å². The molecule has 2 aromatic heterocycles. The second-order valence-electron chi connectivity index (χ2n) is 5.52. The Morgan fingerprint density at radius 2 is 2.00 bits per heavy atom. The summed E-state index contributed by atoms with van der Waals surface area (Å²) in [5.41, 5.74) is 3.01. The molecule has 1 N–H and O–H groups in total. The summed E-state index contributed by atoms with van der Waals surface area (Å²) in [6.07, 6.45) is 2.88. The Balaban J connectivity index is 1.48. The van der Waals surface area contributed by atoms with Gasteiger partial charge in [0.2, 0.25) is 0 Å². The van der Waals surface area contributed by atoms with Gasteiger partial charge < -0.3 is 4.74 Å². The van der Waals surface area contributed by atoms with Gasteiger partial charge in [0.1, 0.15) is 0 Å². The molecule has 3 aromatic rings. The summed E-state index contributed by atoms with van der Waals surface area (Å²) in [5, 5.41) is 5.05. The third kappa shape index (κ3) is 3.14. The van der Waals surface area contributed by atoms with E-state index in [1.165, 1.54) is 11.3 Å². The molecule has 7 heteroatoms. The highest BCUT2D eigenvalue weighted by atomic mass is 32.1. The van der Waals surface area contributed by atoms with E-state index >= 15 is 0 Å². The first-order valence-corrected chi connectivity index (χ1v) is 8.54. The maximum absolute atomic E-state index is 12.4. The number of pyridine rings is 1. The Morgan fingerprint density at radius 3 is 2.84 bits per heavy atom. The molecule has 1 aliphatic heterocycles. The van der Waals surface area contributed by atoms with Crippen molar-refractivity contribution in [2.75, 3.05) is 5.32 Å². The zero-order valence-electron chi connectivity index (χ0n) is 13.0. The van der Waals surface area contributed by atoms with Crippen molar-refractivity contribution in [3.05, 3.63) is 65.3 Å². The number of nitrogens with one attached hydrogen (secondary N) is 1. The van der Waals surface area contributed by atoms with Crippen molar-refractivity contribution in [3.63, 3.8) is 0 Å². The number of rotatable bonds is 3. The lowest BCUT2D eigenvalue weighted by molar-refractivity contribution is -0.125. The van der Waals surface area contributed by atoms with Gasteiger partial charge in [0, 0.05) is 29.8 Å². The first-order valence-electron chi connectivity index (χ1n) is 7.66. The molecule has 4 rings (SSSR count). The van der Waals surface area contributed by atoms with Crippen LogP contribution in [0.3, 0.4) is 0 Å². The third-order valence-corrected chi connectivity index (χ3v) is 4.65. The Labute approximate surface area is 147 Å². The summed E-state index contributed by atoms with van der Waals surface area (Å²) < 4.78 is 5.26. The highest BCUT2D eigenvalue weighted by Gasteiger charge is 2.31. The van der Waals surface area contributed by atoms with Crippen LogP contribution in [0.5, 0.6) is 0 Å². The third-order valence-electron chi connectivity index (χ3n) is 3.89. The van der Waals surface area contributed by atoms with Crippen molar-refractivity contribution in [1.82, 2.24) is 9.97 Å². The van der Waals surface area contributed by atoms with E-state index in [1.54, 1.807) is 24.5 Å². The molecule has 0 saturated heterocycles. The number of anilines is 1. The van der Waals surface area contributed by atoms with Crippen LogP contribution in [-0.2, 0) is 16.0 Å². The average molecular weight is 351 g/mol. The van der Waals surface area contributed by atoms with E-state index < -0.39 is 12.1 Å². The smallest absolute Gasteiger partial charge is 0.339 e. The molecular formula is C18H13N3O3S. The lowest BCUT2D eigenvalue weighted by atomic mass is 9.98. The summed E-state index contributed by atoms with van der Waals surface area (Å²) in [4.78, 5) is 32.8. The van der Waals surface area contributed by atoms with Crippen LogP contribution in [-0.4, -0.2) is 27.9 Å². The molecule has 0 spiro atoms. The van der Waals surface area contributed by atoms with Crippen molar-refractivity contribution in [3.8, 4) is 11.3 Å². The normalized spacial score (nSPS) is 16.0. The highest BCUT2D eigenvalue weighted by molar-refractivity contribution is 7.14. The van der Waals surface area contributed by atoms with Crippen LogP contribution >= 0.6 is 11.3 Å². The molecule has 0 bridgehead atoms. The summed E-state index contributed by atoms with van der Waals surface area (Å²) in [6.45, 7) is 0. The number of carbonyl (C=O) groups is 2. The minimum atomic E-state index is -0.851. The molecule has 6 nitrogen and oxygen atoms in total. The molecule has 25 heavy (non-hydrogen) atoms. The van der Waals surface area contributed by atoms with Gasteiger partial charge >= 0.3 is 5.97 Å². The van der Waals surface area contributed by atoms with E-state index in [2.05, 4.69) is 15.3 Å². The number of hydrogen-bond donors (Lipinski definition) is 1. The largest absolute Gasteiger partial charge is 0.448 e. The zero-order valence-corrected chi connectivity index (χ0v) is 13.8. The zero-order chi connectivity index (χ0) is 17.2. The SMILES string of the molecule is O=C1O[C@H](C(=O)Nc2nc(-c3ccncc3)cs2)Cc2ccccc21. The number of ether oxygens (including phenoxy) is 1. The van der Waals surface area contributed by atoms with Gasteiger partial charge in [0.15, 0.2) is 11.2 Å². The quantitative estimate of drug-likeness (QED) is 0.734. The van der Waals surface area contributed by atoms with E-state index in [-0.39, 0.29) is 5.91 Å². The van der Waals surface area contributed by atoms with Crippen molar-refractivity contribution in [2.24, 2.45) is 0 Å². The first kappa shape index (κ1) is 15.5. The first-order chi connectivity index (χ1) is 12.2. The summed E-state index contributed by atoms with van der Waals surface area (Å²) in [6, 6.07) is 10.8. The average Bonchev–Trinajstić information content (AvgIpc) is 3.11. The Morgan fingerprint density at radius 1 is 1.20 bits per heavy atom. The van der Waals surface area contributed by atoms with Crippen LogP contribution < -0.4 is 5.32 Å². The maximum Gasteiger partial charge on any atom is 0.339 e. The van der Waals surface area contributed by atoms with Gasteiger partial charge in [-0.15, -0.1) is 11.3 Å². The van der Waals surface area contributed by atoms with Crippen LogP contribution in [0.15, 0.2) is 54.2 Å². The number of nitrogens with zero attached hydrogens (tertiary/aromatic N) is 2.